The minimum absolute atomic E-state index is 0.300. The number of rotatable bonds is 5. The van der Waals surface area contributed by atoms with E-state index in [-0.39, 0.29) is 5.16 Å². The summed E-state index contributed by atoms with van der Waals surface area (Å²) in [6, 6.07) is 5.13. The highest BCUT2D eigenvalue weighted by Gasteiger charge is 2.24. The van der Waals surface area contributed by atoms with Crippen LogP contribution in [0.15, 0.2) is 23.4 Å². The van der Waals surface area contributed by atoms with Gasteiger partial charge >= 0.3 is 0 Å². The van der Waals surface area contributed by atoms with Crippen LogP contribution in [0.3, 0.4) is 0 Å². The van der Waals surface area contributed by atoms with Crippen molar-refractivity contribution in [2.45, 2.75) is 18.6 Å². The number of benzene rings is 1. The summed E-state index contributed by atoms with van der Waals surface area (Å²) in [7, 11) is 4.43. The van der Waals surface area contributed by atoms with E-state index in [1.54, 1.807) is 25.1 Å². The van der Waals surface area contributed by atoms with Gasteiger partial charge in [0, 0.05) is 17.2 Å². The van der Waals surface area contributed by atoms with Gasteiger partial charge in [-0.25, -0.2) is 8.42 Å². The molecule has 21 heavy (non-hydrogen) atoms. The molecule has 0 spiro atoms. The molecular weight excluding hydrogens is 318 g/mol. The zero-order valence-corrected chi connectivity index (χ0v) is 13.3. The van der Waals surface area contributed by atoms with E-state index >= 15 is 0 Å². The molecule has 0 aliphatic heterocycles. The second-order valence-corrected chi connectivity index (χ2v) is 6.51. The second kappa shape index (κ2) is 5.90. The lowest BCUT2D eigenvalue weighted by molar-refractivity contribution is 0.404. The van der Waals surface area contributed by atoms with E-state index in [0.29, 0.717) is 29.4 Å². The van der Waals surface area contributed by atoms with Crippen molar-refractivity contribution in [3.8, 4) is 22.9 Å². The normalized spacial score (nSPS) is 11.4. The van der Waals surface area contributed by atoms with Crippen LogP contribution in [0, 0.1) is 0 Å². The van der Waals surface area contributed by atoms with E-state index in [2.05, 4.69) is 10.2 Å². The quantitative estimate of drug-likeness (QED) is 0.778. The van der Waals surface area contributed by atoms with Crippen LogP contribution in [0.2, 0.25) is 0 Å². The van der Waals surface area contributed by atoms with Crippen molar-refractivity contribution in [2.75, 3.05) is 14.2 Å². The smallest absolute Gasteiger partial charge is 0.296 e. The molecule has 0 bridgehead atoms. The molecule has 7 nitrogen and oxygen atoms in total. The number of hydrogen-bond donors (Lipinski definition) is 0. The van der Waals surface area contributed by atoms with Gasteiger partial charge < -0.3 is 9.47 Å². The van der Waals surface area contributed by atoms with Gasteiger partial charge in [0.2, 0.25) is 0 Å². The number of nitrogens with zero attached hydrogens (tertiary/aromatic N) is 3. The summed E-state index contributed by atoms with van der Waals surface area (Å²) in [4.78, 5) is 0. The summed E-state index contributed by atoms with van der Waals surface area (Å²) in [5.74, 6) is 1.45. The summed E-state index contributed by atoms with van der Waals surface area (Å²) in [6.07, 6.45) is 0. The van der Waals surface area contributed by atoms with Gasteiger partial charge in [0.15, 0.2) is 5.82 Å². The lowest BCUT2D eigenvalue weighted by atomic mass is 10.1. The molecular formula is C12H14ClN3O4S. The van der Waals surface area contributed by atoms with Crippen molar-refractivity contribution in [1.82, 2.24) is 14.8 Å². The lowest BCUT2D eigenvalue weighted by Crippen LogP contribution is -2.06. The molecule has 0 saturated carbocycles. The van der Waals surface area contributed by atoms with Crippen LogP contribution in [-0.2, 0) is 15.6 Å². The highest BCUT2D eigenvalue weighted by molar-refractivity contribution is 8.13. The average molecular weight is 332 g/mol. The Labute approximate surface area is 126 Å². The molecule has 0 unspecified atom stereocenters. The summed E-state index contributed by atoms with van der Waals surface area (Å²) in [6.45, 7) is 2.11. The van der Waals surface area contributed by atoms with E-state index in [9.17, 15) is 8.42 Å². The first-order chi connectivity index (χ1) is 9.92. The summed E-state index contributed by atoms with van der Waals surface area (Å²) in [5.41, 5.74) is 0.567. The van der Waals surface area contributed by atoms with Gasteiger partial charge in [0.05, 0.1) is 19.8 Å². The van der Waals surface area contributed by atoms with Crippen LogP contribution >= 0.6 is 10.7 Å². The Bertz CT molecular complexity index is 758. The molecule has 1 heterocycles. The van der Waals surface area contributed by atoms with Crippen molar-refractivity contribution < 1.29 is 17.9 Å². The highest BCUT2D eigenvalue weighted by Crippen LogP contribution is 2.33. The van der Waals surface area contributed by atoms with Gasteiger partial charge in [-0.05, 0) is 25.1 Å². The minimum atomic E-state index is -3.98. The zero-order chi connectivity index (χ0) is 15.6. The molecule has 114 valence electrons. The second-order valence-electron chi connectivity index (χ2n) is 4.05. The zero-order valence-electron chi connectivity index (χ0n) is 11.7. The monoisotopic (exact) mass is 331 g/mol. The van der Waals surface area contributed by atoms with Crippen LogP contribution < -0.4 is 9.47 Å². The molecule has 0 radical (unpaired) electrons. The molecule has 2 aromatic rings. The average Bonchev–Trinajstić information content (AvgIpc) is 2.90. The fraction of sp³-hybridized carbons (Fsp3) is 0.333. The first-order valence-electron chi connectivity index (χ1n) is 6.02. The van der Waals surface area contributed by atoms with Crippen LogP contribution in [0.4, 0.5) is 0 Å². The molecule has 0 fully saturated rings. The van der Waals surface area contributed by atoms with Crippen LogP contribution in [-0.4, -0.2) is 37.4 Å². The molecule has 0 N–H and O–H groups in total. The molecule has 2 rings (SSSR count). The predicted octanol–water partition coefficient (Wildman–Crippen LogP) is 1.91. The largest absolute Gasteiger partial charge is 0.497 e. The van der Waals surface area contributed by atoms with Crippen LogP contribution in [0.1, 0.15) is 6.92 Å². The topological polar surface area (TPSA) is 83.3 Å². The summed E-state index contributed by atoms with van der Waals surface area (Å²) < 4.78 is 34.9. The van der Waals surface area contributed by atoms with Crippen molar-refractivity contribution in [1.29, 1.82) is 0 Å². The van der Waals surface area contributed by atoms with E-state index in [0.717, 1.165) is 0 Å². The van der Waals surface area contributed by atoms with Gasteiger partial charge in [-0.3, -0.25) is 4.57 Å². The third kappa shape index (κ3) is 2.96. The maximum atomic E-state index is 11.5. The maximum absolute atomic E-state index is 11.5. The van der Waals surface area contributed by atoms with E-state index in [1.165, 1.54) is 18.8 Å². The standard InChI is InChI=1S/C12H14ClN3O4S/c1-4-16-11(14-15-12(16)21(13,17)18)9-7-8(19-2)5-6-10(9)20-3/h5-7H,4H2,1-3H3. The molecule has 0 aliphatic rings. The Balaban J connectivity index is 2.70. The van der Waals surface area contributed by atoms with Gasteiger partial charge in [-0.15, -0.1) is 10.2 Å². The van der Waals surface area contributed by atoms with Crippen molar-refractivity contribution in [3.63, 3.8) is 0 Å². The lowest BCUT2D eigenvalue weighted by Gasteiger charge is -2.11. The number of methoxy groups -OCH3 is 2. The van der Waals surface area contributed by atoms with Crippen molar-refractivity contribution in [2.24, 2.45) is 0 Å². The number of hydrogen-bond acceptors (Lipinski definition) is 6. The molecule has 1 aromatic heterocycles. The number of halogens is 1. The van der Waals surface area contributed by atoms with Crippen LogP contribution in [0.5, 0.6) is 11.5 Å². The highest BCUT2D eigenvalue weighted by atomic mass is 35.7. The first kappa shape index (κ1) is 15.6. The summed E-state index contributed by atoms with van der Waals surface area (Å²) >= 11 is 0. The molecule has 0 aliphatic carbocycles. The minimum Gasteiger partial charge on any atom is -0.497 e. The Morgan fingerprint density at radius 1 is 1.24 bits per heavy atom. The molecule has 0 atom stereocenters. The van der Waals surface area contributed by atoms with E-state index < -0.39 is 9.05 Å². The van der Waals surface area contributed by atoms with Crippen molar-refractivity contribution >= 4 is 19.7 Å². The molecule has 1 aromatic carbocycles. The Hall–Kier alpha value is -1.80. The summed E-state index contributed by atoms with van der Waals surface area (Å²) in [5, 5.41) is 7.28. The fourth-order valence-electron chi connectivity index (χ4n) is 1.94. The Morgan fingerprint density at radius 3 is 2.48 bits per heavy atom. The maximum Gasteiger partial charge on any atom is 0.296 e. The van der Waals surface area contributed by atoms with Crippen LogP contribution in [0.25, 0.3) is 11.4 Å². The fourth-order valence-corrected chi connectivity index (χ4v) is 2.90. The SMILES string of the molecule is CCn1c(-c2cc(OC)ccc2OC)nnc1S(=O)(=O)Cl. The third-order valence-corrected chi connectivity index (χ3v) is 4.05. The Kier molecular flexibility index (Phi) is 4.38. The first-order valence-corrected chi connectivity index (χ1v) is 8.33. The van der Waals surface area contributed by atoms with Gasteiger partial charge in [0.1, 0.15) is 11.5 Å². The van der Waals surface area contributed by atoms with Gasteiger partial charge in [-0.1, -0.05) is 0 Å². The predicted molar refractivity (Wildman–Crippen MR) is 77.3 cm³/mol. The number of aromatic nitrogens is 3. The third-order valence-electron chi connectivity index (χ3n) is 2.90. The number of ether oxygens (including phenoxy) is 2. The molecule has 9 heteroatoms. The van der Waals surface area contributed by atoms with Gasteiger partial charge in [-0.2, -0.15) is 0 Å². The van der Waals surface area contributed by atoms with Gasteiger partial charge in [0.25, 0.3) is 14.2 Å². The molecule has 0 amide bonds. The van der Waals surface area contributed by atoms with E-state index in [4.69, 9.17) is 20.2 Å². The van der Waals surface area contributed by atoms with Crippen molar-refractivity contribution in [3.05, 3.63) is 18.2 Å². The molecule has 0 saturated heterocycles. The van der Waals surface area contributed by atoms with E-state index in [1.807, 2.05) is 0 Å². The Morgan fingerprint density at radius 2 is 1.95 bits per heavy atom.